The van der Waals surface area contributed by atoms with Crippen molar-refractivity contribution in [2.75, 3.05) is 18.6 Å². The van der Waals surface area contributed by atoms with E-state index in [0.29, 0.717) is 29.1 Å². The number of aromatic nitrogens is 1. The summed E-state index contributed by atoms with van der Waals surface area (Å²) in [5.74, 6) is 1.44. The number of benzene rings is 2. The third-order valence-electron chi connectivity index (χ3n) is 3.59. The van der Waals surface area contributed by atoms with Crippen molar-refractivity contribution in [2.24, 2.45) is 5.10 Å². The van der Waals surface area contributed by atoms with E-state index in [1.165, 1.54) is 11.3 Å². The molecule has 0 saturated heterocycles. The van der Waals surface area contributed by atoms with Crippen LogP contribution in [-0.4, -0.2) is 24.4 Å². The van der Waals surface area contributed by atoms with Crippen molar-refractivity contribution in [1.82, 2.24) is 4.98 Å². The molecule has 0 bridgehead atoms. The smallest absolute Gasteiger partial charge is 0.203 e. The fraction of sp³-hybridized carbons (Fsp3) is 0.200. The summed E-state index contributed by atoms with van der Waals surface area (Å²) in [7, 11) is 0. The molecule has 0 radical (unpaired) electrons. The Morgan fingerprint density at radius 1 is 1.07 bits per heavy atom. The molecule has 0 unspecified atom stereocenters. The molecule has 5 nitrogen and oxygen atoms in total. The van der Waals surface area contributed by atoms with Gasteiger partial charge in [-0.2, -0.15) is 5.10 Å². The van der Waals surface area contributed by atoms with E-state index in [9.17, 15) is 0 Å². The van der Waals surface area contributed by atoms with Crippen LogP contribution in [0, 0.1) is 0 Å². The number of ether oxygens (including phenoxy) is 2. The lowest BCUT2D eigenvalue weighted by Gasteiger charge is -2.11. The van der Waals surface area contributed by atoms with Gasteiger partial charge in [-0.3, -0.25) is 5.43 Å². The minimum atomic E-state index is 0.575. The standard InChI is InChI=1S/C20H20ClN3O2S/c1-3-25-18-10-5-14(11-19(18)26-4-2)12-22-24-20-23-17(13-27-20)15-6-8-16(21)9-7-15/h5-13H,3-4H2,1-2H3,(H,23,24). The Balaban J connectivity index is 1.67. The lowest BCUT2D eigenvalue weighted by Crippen LogP contribution is -1.99. The number of hydrazone groups is 1. The summed E-state index contributed by atoms with van der Waals surface area (Å²) in [6.07, 6.45) is 1.72. The molecule has 3 rings (SSSR count). The van der Waals surface area contributed by atoms with Crippen LogP contribution in [-0.2, 0) is 0 Å². The van der Waals surface area contributed by atoms with Crippen LogP contribution in [0.15, 0.2) is 52.9 Å². The lowest BCUT2D eigenvalue weighted by molar-refractivity contribution is 0.288. The third-order valence-corrected chi connectivity index (χ3v) is 4.58. The first kappa shape index (κ1) is 19.2. The molecule has 0 atom stereocenters. The highest BCUT2D eigenvalue weighted by Gasteiger charge is 2.06. The van der Waals surface area contributed by atoms with E-state index < -0.39 is 0 Å². The van der Waals surface area contributed by atoms with Gasteiger partial charge in [0.25, 0.3) is 0 Å². The Morgan fingerprint density at radius 3 is 2.56 bits per heavy atom. The van der Waals surface area contributed by atoms with Crippen LogP contribution in [0.2, 0.25) is 5.02 Å². The van der Waals surface area contributed by atoms with Crippen LogP contribution in [0.4, 0.5) is 5.13 Å². The SMILES string of the molecule is CCOc1ccc(C=NNc2nc(-c3ccc(Cl)cc3)cs2)cc1OCC. The molecular formula is C20H20ClN3O2S. The molecule has 0 fully saturated rings. The summed E-state index contributed by atoms with van der Waals surface area (Å²) >= 11 is 7.41. The number of hydrogen-bond acceptors (Lipinski definition) is 6. The number of nitrogens with zero attached hydrogens (tertiary/aromatic N) is 2. The second-order valence-electron chi connectivity index (χ2n) is 5.49. The van der Waals surface area contributed by atoms with E-state index in [-0.39, 0.29) is 0 Å². The highest BCUT2D eigenvalue weighted by Crippen LogP contribution is 2.28. The second kappa shape index (κ2) is 9.39. The van der Waals surface area contributed by atoms with Crippen molar-refractivity contribution in [2.45, 2.75) is 13.8 Å². The monoisotopic (exact) mass is 401 g/mol. The van der Waals surface area contributed by atoms with Crippen LogP contribution in [0.25, 0.3) is 11.3 Å². The van der Waals surface area contributed by atoms with Crippen LogP contribution < -0.4 is 14.9 Å². The predicted molar refractivity (Wildman–Crippen MR) is 113 cm³/mol. The van der Waals surface area contributed by atoms with Gasteiger partial charge in [0.05, 0.1) is 25.1 Å². The van der Waals surface area contributed by atoms with E-state index in [4.69, 9.17) is 21.1 Å². The summed E-state index contributed by atoms with van der Waals surface area (Å²) in [6.45, 7) is 5.06. The number of nitrogens with one attached hydrogen (secondary N) is 1. The average Bonchev–Trinajstić information content (AvgIpc) is 3.14. The van der Waals surface area contributed by atoms with Crippen LogP contribution in [0.1, 0.15) is 19.4 Å². The zero-order chi connectivity index (χ0) is 19.1. The molecule has 0 spiro atoms. The van der Waals surface area contributed by atoms with Gasteiger partial charge < -0.3 is 9.47 Å². The molecule has 1 heterocycles. The predicted octanol–water partition coefficient (Wildman–Crippen LogP) is 5.71. The normalized spacial score (nSPS) is 10.9. The Bertz CT molecular complexity index is 910. The molecule has 2 aromatic carbocycles. The van der Waals surface area contributed by atoms with Gasteiger partial charge in [0.1, 0.15) is 0 Å². The van der Waals surface area contributed by atoms with Crippen molar-refractivity contribution in [1.29, 1.82) is 0 Å². The maximum Gasteiger partial charge on any atom is 0.203 e. The molecule has 0 amide bonds. The number of thiazole rings is 1. The molecule has 0 aliphatic heterocycles. The molecule has 140 valence electrons. The molecular weight excluding hydrogens is 382 g/mol. The molecule has 1 N–H and O–H groups in total. The van der Waals surface area contributed by atoms with Crippen LogP contribution in [0.5, 0.6) is 11.5 Å². The summed E-state index contributed by atoms with van der Waals surface area (Å²) < 4.78 is 11.2. The zero-order valence-corrected chi connectivity index (χ0v) is 16.7. The highest BCUT2D eigenvalue weighted by atomic mass is 35.5. The van der Waals surface area contributed by atoms with Gasteiger partial charge in [-0.15, -0.1) is 11.3 Å². The molecule has 7 heteroatoms. The molecule has 3 aromatic rings. The number of halogens is 1. The summed E-state index contributed by atoms with van der Waals surface area (Å²) in [4.78, 5) is 4.53. The minimum absolute atomic E-state index is 0.575. The topological polar surface area (TPSA) is 55.7 Å². The largest absolute Gasteiger partial charge is 0.490 e. The Labute approximate surface area is 167 Å². The van der Waals surface area contributed by atoms with E-state index in [1.54, 1.807) is 6.21 Å². The fourth-order valence-corrected chi connectivity index (χ4v) is 3.18. The van der Waals surface area contributed by atoms with Gasteiger partial charge in [-0.1, -0.05) is 23.7 Å². The number of rotatable bonds is 8. The molecule has 27 heavy (non-hydrogen) atoms. The average molecular weight is 402 g/mol. The van der Waals surface area contributed by atoms with Gasteiger partial charge in [0, 0.05) is 16.0 Å². The van der Waals surface area contributed by atoms with Gasteiger partial charge >= 0.3 is 0 Å². The Hall–Kier alpha value is -2.57. The van der Waals surface area contributed by atoms with E-state index in [2.05, 4.69) is 15.5 Å². The molecule has 1 aromatic heterocycles. The lowest BCUT2D eigenvalue weighted by atomic mass is 10.2. The first-order valence-electron chi connectivity index (χ1n) is 8.59. The minimum Gasteiger partial charge on any atom is -0.490 e. The first-order valence-corrected chi connectivity index (χ1v) is 9.85. The first-order chi connectivity index (χ1) is 13.2. The van der Waals surface area contributed by atoms with Crippen LogP contribution >= 0.6 is 22.9 Å². The molecule has 0 aliphatic carbocycles. The molecule has 0 saturated carbocycles. The molecule has 0 aliphatic rings. The summed E-state index contributed by atoms with van der Waals surface area (Å²) in [5.41, 5.74) is 5.77. The Morgan fingerprint density at radius 2 is 1.81 bits per heavy atom. The van der Waals surface area contributed by atoms with Crippen molar-refractivity contribution < 1.29 is 9.47 Å². The van der Waals surface area contributed by atoms with E-state index >= 15 is 0 Å². The van der Waals surface area contributed by atoms with E-state index in [0.717, 1.165) is 22.6 Å². The summed E-state index contributed by atoms with van der Waals surface area (Å²) in [6, 6.07) is 13.3. The Kier molecular flexibility index (Phi) is 6.68. The maximum atomic E-state index is 5.92. The fourth-order valence-electron chi connectivity index (χ4n) is 2.39. The van der Waals surface area contributed by atoms with Crippen LogP contribution in [0.3, 0.4) is 0 Å². The van der Waals surface area contributed by atoms with Crippen molar-refractivity contribution in [3.05, 3.63) is 58.4 Å². The van der Waals surface area contributed by atoms with Gasteiger partial charge in [0.15, 0.2) is 11.5 Å². The summed E-state index contributed by atoms with van der Waals surface area (Å²) in [5, 5.41) is 7.66. The van der Waals surface area contributed by atoms with Crippen molar-refractivity contribution in [3.8, 4) is 22.8 Å². The quantitative estimate of drug-likeness (QED) is 0.388. The second-order valence-corrected chi connectivity index (χ2v) is 6.78. The number of hydrogen-bond donors (Lipinski definition) is 1. The van der Waals surface area contributed by atoms with Gasteiger partial charge in [0.2, 0.25) is 5.13 Å². The zero-order valence-electron chi connectivity index (χ0n) is 15.1. The van der Waals surface area contributed by atoms with Crippen molar-refractivity contribution >= 4 is 34.3 Å². The maximum absolute atomic E-state index is 5.92. The van der Waals surface area contributed by atoms with E-state index in [1.807, 2.05) is 61.7 Å². The van der Waals surface area contributed by atoms with Gasteiger partial charge in [-0.05, 0) is 49.7 Å². The van der Waals surface area contributed by atoms with Gasteiger partial charge in [-0.25, -0.2) is 4.98 Å². The highest BCUT2D eigenvalue weighted by molar-refractivity contribution is 7.14. The third kappa shape index (κ3) is 5.21. The van der Waals surface area contributed by atoms with Crippen molar-refractivity contribution in [3.63, 3.8) is 0 Å². The number of anilines is 1.